The van der Waals surface area contributed by atoms with Crippen molar-refractivity contribution in [2.75, 3.05) is 6.67 Å². The van der Waals surface area contributed by atoms with E-state index in [1.165, 1.54) is 6.08 Å². The molecule has 7 heteroatoms. The Balaban J connectivity index is 1.80. The van der Waals surface area contributed by atoms with Gasteiger partial charge in [0.1, 0.15) is 4.87 Å². The van der Waals surface area contributed by atoms with E-state index in [9.17, 15) is 23.6 Å². The predicted octanol–water partition coefficient (Wildman–Crippen LogP) is 4.46. The number of carbonyl (C=O) groups excluding carboxylic acids is 4. The first kappa shape index (κ1) is 23.3. The molecular weight excluding hydrogens is 435 g/mol. The summed E-state index contributed by atoms with van der Waals surface area (Å²) in [4.78, 5) is 50.0. The molecule has 4 aliphatic carbocycles. The summed E-state index contributed by atoms with van der Waals surface area (Å²) in [6, 6.07) is 0. The van der Waals surface area contributed by atoms with Crippen LogP contribution >= 0.6 is 11.6 Å². The van der Waals surface area contributed by atoms with E-state index in [0.29, 0.717) is 25.7 Å². The second-order valence-corrected chi connectivity index (χ2v) is 10.8. The normalized spacial score (nSPS) is 42.6. The van der Waals surface area contributed by atoms with Crippen molar-refractivity contribution in [2.24, 2.45) is 22.7 Å². The summed E-state index contributed by atoms with van der Waals surface area (Å²) in [6.07, 6.45) is 7.31. The Morgan fingerprint density at radius 2 is 1.94 bits per heavy atom. The maximum Gasteiger partial charge on any atom is 0.306 e. The third-order valence-corrected chi connectivity index (χ3v) is 9.72. The number of ether oxygens (including phenoxy) is 1. The van der Waals surface area contributed by atoms with Crippen LogP contribution in [-0.2, 0) is 23.9 Å². The van der Waals surface area contributed by atoms with E-state index in [0.717, 1.165) is 5.57 Å². The lowest BCUT2D eigenvalue weighted by Gasteiger charge is -2.61. The number of ketones is 3. The minimum absolute atomic E-state index is 0.0759. The molecule has 0 spiro atoms. The van der Waals surface area contributed by atoms with E-state index >= 15 is 0 Å². The third kappa shape index (κ3) is 2.80. The highest BCUT2D eigenvalue weighted by molar-refractivity contribution is 6.37. The fourth-order valence-electron chi connectivity index (χ4n) is 7.17. The van der Waals surface area contributed by atoms with Gasteiger partial charge in [0, 0.05) is 23.7 Å². The van der Waals surface area contributed by atoms with Crippen molar-refractivity contribution in [3.05, 3.63) is 23.8 Å². The molecule has 32 heavy (non-hydrogen) atoms. The molecule has 5 nitrogen and oxygen atoms in total. The second-order valence-electron chi connectivity index (χ2n) is 10.2. The summed E-state index contributed by atoms with van der Waals surface area (Å²) < 4.78 is 19.6. The van der Waals surface area contributed by atoms with Gasteiger partial charge in [-0.05, 0) is 56.1 Å². The van der Waals surface area contributed by atoms with Crippen LogP contribution < -0.4 is 0 Å². The van der Waals surface area contributed by atoms with Crippen molar-refractivity contribution >= 4 is 34.9 Å². The SMILES string of the molecule is CCCC(=O)O[C@]1(C(=O)CF)CC[C@H]2[C@@H]3CCC4=CC(=O)C=C[C@]4(C)[C@@]3(Cl)C(=O)C[C@@]21C. The van der Waals surface area contributed by atoms with Crippen LogP contribution in [0.2, 0.25) is 0 Å². The molecule has 4 aliphatic rings. The van der Waals surface area contributed by atoms with Crippen molar-refractivity contribution in [2.45, 2.75) is 76.2 Å². The van der Waals surface area contributed by atoms with Crippen LogP contribution in [0.25, 0.3) is 0 Å². The van der Waals surface area contributed by atoms with Gasteiger partial charge in [0.15, 0.2) is 23.8 Å². The van der Waals surface area contributed by atoms with Gasteiger partial charge in [0.05, 0.1) is 0 Å². The average molecular weight is 465 g/mol. The first-order chi connectivity index (χ1) is 15.0. The molecular formula is C25H30ClFO5. The van der Waals surface area contributed by atoms with Gasteiger partial charge < -0.3 is 4.74 Å². The Bertz CT molecular complexity index is 956. The molecule has 0 aromatic carbocycles. The maximum atomic E-state index is 13.8. The number of Topliss-reactive ketones (excluding diaryl/α,β-unsaturated/α-hetero) is 2. The van der Waals surface area contributed by atoms with E-state index in [4.69, 9.17) is 16.3 Å². The molecule has 6 atom stereocenters. The summed E-state index contributed by atoms with van der Waals surface area (Å²) in [5.74, 6) is -2.13. The molecule has 4 rings (SSSR count). The first-order valence-corrected chi connectivity index (χ1v) is 11.9. The lowest BCUT2D eigenvalue weighted by Crippen LogP contribution is -2.67. The third-order valence-electron chi connectivity index (χ3n) is 8.84. The molecule has 0 unspecified atom stereocenters. The first-order valence-electron chi connectivity index (χ1n) is 11.5. The van der Waals surface area contributed by atoms with Gasteiger partial charge >= 0.3 is 5.97 Å². The minimum Gasteiger partial charge on any atom is -0.450 e. The van der Waals surface area contributed by atoms with Crippen LogP contribution in [0, 0.1) is 22.7 Å². The number of esters is 1. The van der Waals surface area contributed by atoms with Crippen molar-refractivity contribution in [1.29, 1.82) is 0 Å². The van der Waals surface area contributed by atoms with Gasteiger partial charge in [-0.15, -0.1) is 11.6 Å². The van der Waals surface area contributed by atoms with Crippen LogP contribution in [0.5, 0.6) is 0 Å². The average Bonchev–Trinajstić information content (AvgIpc) is 3.02. The number of rotatable bonds is 5. The largest absolute Gasteiger partial charge is 0.450 e. The zero-order valence-electron chi connectivity index (χ0n) is 18.8. The van der Waals surface area contributed by atoms with Crippen LogP contribution in [-0.4, -0.2) is 40.5 Å². The van der Waals surface area contributed by atoms with Gasteiger partial charge in [0.2, 0.25) is 5.78 Å². The fourth-order valence-corrected chi connectivity index (χ4v) is 7.68. The standard InChI is InChI=1S/C25H30ClFO5/c1-4-5-21(31)32-24(20(30)14-27)11-9-17-18-7-6-15-12-16(28)8-10-22(15,2)25(18,26)19(29)13-23(17,24)3/h8,10,12,17-18H,4-7,9,11,13-14H2,1-3H3/t17-,18-,22-,23-,24-,25-/m0/s1. The molecule has 3 fully saturated rings. The number of hydrogen-bond donors (Lipinski definition) is 0. The van der Waals surface area contributed by atoms with Crippen molar-refractivity contribution in [1.82, 2.24) is 0 Å². The lowest BCUT2D eigenvalue weighted by atomic mass is 9.46. The number of carbonyl (C=O) groups is 4. The Morgan fingerprint density at radius 3 is 2.59 bits per heavy atom. The minimum atomic E-state index is -1.65. The number of allylic oxidation sites excluding steroid dienone is 4. The Labute approximate surface area is 192 Å². The molecule has 0 heterocycles. The van der Waals surface area contributed by atoms with Crippen LogP contribution in [0.4, 0.5) is 4.39 Å². The summed E-state index contributed by atoms with van der Waals surface area (Å²) in [5.41, 5.74) is -2.63. The molecule has 0 aliphatic heterocycles. The maximum absolute atomic E-state index is 13.8. The van der Waals surface area contributed by atoms with E-state index in [1.54, 1.807) is 19.1 Å². The topological polar surface area (TPSA) is 77.5 Å². The van der Waals surface area contributed by atoms with Gasteiger partial charge in [-0.25, -0.2) is 4.39 Å². The fraction of sp³-hybridized carbons (Fsp3) is 0.680. The Morgan fingerprint density at radius 1 is 1.22 bits per heavy atom. The van der Waals surface area contributed by atoms with Crippen molar-refractivity contribution < 1.29 is 28.3 Å². The molecule has 0 bridgehead atoms. The zero-order chi connectivity index (χ0) is 23.5. The summed E-state index contributed by atoms with van der Waals surface area (Å²) in [7, 11) is 0. The lowest BCUT2D eigenvalue weighted by molar-refractivity contribution is -0.189. The Hall–Kier alpha value is -1.82. The highest BCUT2D eigenvalue weighted by Gasteiger charge is 2.74. The van der Waals surface area contributed by atoms with E-state index in [-0.39, 0.29) is 42.7 Å². The summed E-state index contributed by atoms with van der Waals surface area (Å²) >= 11 is 7.26. The number of alkyl halides is 2. The van der Waals surface area contributed by atoms with E-state index in [1.807, 2.05) is 13.8 Å². The highest BCUT2D eigenvalue weighted by Crippen LogP contribution is 2.70. The quantitative estimate of drug-likeness (QED) is 0.443. The molecule has 3 saturated carbocycles. The Kier molecular flexibility index (Phi) is 5.55. The van der Waals surface area contributed by atoms with Gasteiger partial charge in [-0.3, -0.25) is 19.2 Å². The van der Waals surface area contributed by atoms with Crippen LogP contribution in [0.1, 0.15) is 65.7 Å². The second kappa shape index (κ2) is 7.61. The molecule has 0 amide bonds. The number of hydrogen-bond acceptors (Lipinski definition) is 5. The van der Waals surface area contributed by atoms with E-state index < -0.39 is 39.7 Å². The highest BCUT2D eigenvalue weighted by atomic mass is 35.5. The molecule has 0 aromatic heterocycles. The van der Waals surface area contributed by atoms with Crippen LogP contribution in [0.3, 0.4) is 0 Å². The monoisotopic (exact) mass is 464 g/mol. The van der Waals surface area contributed by atoms with Crippen LogP contribution in [0.15, 0.2) is 23.8 Å². The summed E-state index contributed by atoms with van der Waals surface area (Å²) in [6.45, 7) is 4.27. The molecule has 0 aromatic rings. The van der Waals surface area contributed by atoms with Gasteiger partial charge in [-0.2, -0.15) is 0 Å². The van der Waals surface area contributed by atoms with Gasteiger partial charge in [0.25, 0.3) is 0 Å². The summed E-state index contributed by atoms with van der Waals surface area (Å²) in [5, 5.41) is 0. The molecule has 174 valence electrons. The van der Waals surface area contributed by atoms with Gasteiger partial charge in [-0.1, -0.05) is 32.4 Å². The van der Waals surface area contributed by atoms with Crippen molar-refractivity contribution in [3.8, 4) is 0 Å². The zero-order valence-corrected chi connectivity index (χ0v) is 19.6. The number of fused-ring (bicyclic) bond motifs is 5. The predicted molar refractivity (Wildman–Crippen MR) is 117 cm³/mol. The molecule has 0 radical (unpaired) electrons. The number of halogens is 2. The molecule has 0 saturated heterocycles. The molecule has 0 N–H and O–H groups in total. The smallest absolute Gasteiger partial charge is 0.306 e. The van der Waals surface area contributed by atoms with Crippen molar-refractivity contribution in [3.63, 3.8) is 0 Å². The van der Waals surface area contributed by atoms with E-state index in [2.05, 4.69) is 0 Å².